The highest BCUT2D eigenvalue weighted by molar-refractivity contribution is 7.90. The minimum absolute atomic E-state index is 0.0172. The number of carbonyl (C=O) groups is 1. The lowest BCUT2D eigenvalue weighted by molar-refractivity contribution is -0.130. The molecule has 126 valence electrons. The fourth-order valence-electron chi connectivity index (χ4n) is 2.97. The fraction of sp³-hybridized carbons (Fsp3) is 0.857. The van der Waals surface area contributed by atoms with Crippen LogP contribution in [0, 0.1) is 0 Å². The molecule has 0 radical (unpaired) electrons. The molecule has 0 aromatic carbocycles. The number of hydrogen-bond acceptors (Lipinski definition) is 5. The summed E-state index contributed by atoms with van der Waals surface area (Å²) < 4.78 is 32.4. The van der Waals surface area contributed by atoms with Crippen LogP contribution in [0.4, 0.5) is 0 Å². The second-order valence-electron chi connectivity index (χ2n) is 5.63. The summed E-state index contributed by atoms with van der Waals surface area (Å²) in [5, 5.41) is -0.475. The Hall–Kier alpha value is -1.31. The van der Waals surface area contributed by atoms with Crippen LogP contribution in [0.3, 0.4) is 0 Å². The normalized spacial score (nSPS) is 28.4. The molecular weight excluding hydrogens is 306 g/mol. The maximum absolute atomic E-state index is 12.2. The van der Waals surface area contributed by atoms with Crippen molar-refractivity contribution in [2.75, 3.05) is 19.6 Å². The van der Waals surface area contributed by atoms with Crippen molar-refractivity contribution in [1.29, 1.82) is 0 Å². The highest BCUT2D eigenvalue weighted by atomic mass is 32.2. The highest BCUT2D eigenvalue weighted by Crippen LogP contribution is 2.29. The zero-order valence-electron chi connectivity index (χ0n) is 13.2. The second kappa shape index (κ2) is 7.30. The Balaban J connectivity index is 1.94. The van der Waals surface area contributed by atoms with Crippen LogP contribution in [0.2, 0.25) is 0 Å². The van der Waals surface area contributed by atoms with Gasteiger partial charge in [0.05, 0.1) is 6.54 Å². The molecule has 2 aliphatic rings. The molecule has 1 aliphatic heterocycles. The van der Waals surface area contributed by atoms with Crippen molar-refractivity contribution in [2.24, 2.45) is 4.99 Å². The van der Waals surface area contributed by atoms with Gasteiger partial charge in [-0.1, -0.05) is 6.42 Å². The quantitative estimate of drug-likeness (QED) is 0.809. The standard InChI is InChI=1S/C14H25N3O4S/c1-3-17(4-2)13(18)9-10-15-14-16-22(19,20)12-8-6-5-7-11(12)21-14/h11-12H,3-10H2,1-2H3,(H,15,16)/t11-,12+/m0/s1. The summed E-state index contributed by atoms with van der Waals surface area (Å²) in [4.78, 5) is 17.7. The number of ether oxygens (including phenoxy) is 1. The topological polar surface area (TPSA) is 88.1 Å². The monoisotopic (exact) mass is 331 g/mol. The molecule has 0 spiro atoms. The van der Waals surface area contributed by atoms with Crippen molar-refractivity contribution in [3.05, 3.63) is 0 Å². The van der Waals surface area contributed by atoms with Crippen LogP contribution in [0.5, 0.6) is 0 Å². The van der Waals surface area contributed by atoms with Crippen LogP contribution < -0.4 is 4.72 Å². The number of nitrogens with zero attached hydrogens (tertiary/aromatic N) is 2. The van der Waals surface area contributed by atoms with Gasteiger partial charge in [-0.25, -0.2) is 18.1 Å². The SMILES string of the molecule is CCN(CC)C(=O)CCN=C1NS(=O)(=O)[C@@H]2CCCC[C@@H]2O1. The van der Waals surface area contributed by atoms with Crippen LogP contribution in [0.1, 0.15) is 46.0 Å². The van der Waals surface area contributed by atoms with Crippen LogP contribution in [0.25, 0.3) is 0 Å². The molecule has 1 heterocycles. The van der Waals surface area contributed by atoms with Crippen molar-refractivity contribution < 1.29 is 17.9 Å². The number of nitrogens with one attached hydrogen (secondary N) is 1. The van der Waals surface area contributed by atoms with E-state index in [0.717, 1.165) is 19.3 Å². The van der Waals surface area contributed by atoms with Crippen molar-refractivity contribution in [2.45, 2.75) is 57.3 Å². The van der Waals surface area contributed by atoms with E-state index in [1.165, 1.54) is 0 Å². The van der Waals surface area contributed by atoms with Gasteiger partial charge in [0.2, 0.25) is 15.9 Å². The first-order chi connectivity index (χ1) is 10.5. The summed E-state index contributed by atoms with van der Waals surface area (Å²) in [6.07, 6.45) is 3.21. The molecule has 22 heavy (non-hydrogen) atoms. The third kappa shape index (κ3) is 3.91. The Morgan fingerprint density at radius 1 is 1.32 bits per heavy atom. The summed E-state index contributed by atoms with van der Waals surface area (Å²) in [5.41, 5.74) is 0. The predicted molar refractivity (Wildman–Crippen MR) is 84.0 cm³/mol. The van der Waals surface area contributed by atoms with Gasteiger partial charge in [0.15, 0.2) is 0 Å². The number of fused-ring (bicyclic) bond motifs is 1. The van der Waals surface area contributed by atoms with Gasteiger partial charge in [0.25, 0.3) is 6.02 Å². The van der Waals surface area contributed by atoms with Crippen LogP contribution >= 0.6 is 0 Å². The maximum atomic E-state index is 12.2. The van der Waals surface area contributed by atoms with Crippen LogP contribution in [-0.2, 0) is 19.6 Å². The molecule has 0 bridgehead atoms. The molecular formula is C14H25N3O4S. The third-order valence-electron chi connectivity index (χ3n) is 4.23. The van der Waals surface area contributed by atoms with Gasteiger partial charge in [-0.2, -0.15) is 0 Å². The second-order valence-corrected chi connectivity index (χ2v) is 7.53. The Kier molecular flexibility index (Phi) is 5.66. The van der Waals surface area contributed by atoms with Crippen molar-refractivity contribution in [3.8, 4) is 0 Å². The molecule has 0 aromatic heterocycles. The lowest BCUT2D eigenvalue weighted by atomic mass is 9.97. The maximum Gasteiger partial charge on any atom is 0.298 e. The van der Waals surface area contributed by atoms with Crippen molar-refractivity contribution >= 4 is 22.0 Å². The zero-order chi connectivity index (χ0) is 16.2. The predicted octanol–water partition coefficient (Wildman–Crippen LogP) is 0.862. The molecule has 1 amide bonds. The molecule has 2 fully saturated rings. The number of amidine groups is 1. The smallest absolute Gasteiger partial charge is 0.298 e. The lowest BCUT2D eigenvalue weighted by Gasteiger charge is -2.36. The van der Waals surface area contributed by atoms with Gasteiger partial charge in [-0.3, -0.25) is 4.79 Å². The van der Waals surface area contributed by atoms with Gasteiger partial charge >= 0.3 is 0 Å². The molecule has 1 saturated carbocycles. The fourth-order valence-corrected chi connectivity index (χ4v) is 4.55. The molecule has 0 aromatic rings. The molecule has 8 heteroatoms. The lowest BCUT2D eigenvalue weighted by Crippen LogP contribution is -2.54. The summed E-state index contributed by atoms with van der Waals surface area (Å²) in [5.74, 6) is 0.0172. The van der Waals surface area contributed by atoms with E-state index in [-0.39, 0.29) is 31.0 Å². The van der Waals surface area contributed by atoms with Gasteiger partial charge in [0, 0.05) is 19.5 Å². The number of carbonyl (C=O) groups excluding carboxylic acids is 1. The van der Waals surface area contributed by atoms with Crippen molar-refractivity contribution in [3.63, 3.8) is 0 Å². The van der Waals surface area contributed by atoms with Crippen LogP contribution in [-0.4, -0.2) is 56.2 Å². The van der Waals surface area contributed by atoms with E-state index in [1.54, 1.807) is 4.90 Å². The van der Waals surface area contributed by atoms with Gasteiger partial charge in [0.1, 0.15) is 11.4 Å². The molecule has 7 nitrogen and oxygen atoms in total. The number of amides is 1. The summed E-state index contributed by atoms with van der Waals surface area (Å²) in [7, 11) is -3.41. The Labute approximate surface area is 132 Å². The van der Waals surface area contributed by atoms with E-state index in [9.17, 15) is 13.2 Å². The molecule has 0 unspecified atom stereocenters. The van der Waals surface area contributed by atoms with E-state index in [0.29, 0.717) is 19.5 Å². The minimum Gasteiger partial charge on any atom is -0.460 e. The van der Waals surface area contributed by atoms with Gasteiger partial charge < -0.3 is 9.64 Å². The van der Waals surface area contributed by atoms with Gasteiger partial charge in [-0.15, -0.1) is 0 Å². The third-order valence-corrected chi connectivity index (χ3v) is 6.03. The Morgan fingerprint density at radius 2 is 2.00 bits per heavy atom. The first-order valence-electron chi connectivity index (χ1n) is 7.98. The Bertz CT molecular complexity index is 528. The molecule has 2 rings (SSSR count). The molecule has 1 aliphatic carbocycles. The number of aliphatic imine (C=N–C) groups is 1. The van der Waals surface area contributed by atoms with Crippen LogP contribution in [0.15, 0.2) is 4.99 Å². The minimum atomic E-state index is -3.41. The average molecular weight is 331 g/mol. The molecule has 1 N–H and O–H groups in total. The summed E-state index contributed by atoms with van der Waals surface area (Å²) >= 11 is 0. The number of sulfonamides is 1. The number of rotatable bonds is 5. The Morgan fingerprint density at radius 3 is 2.68 bits per heavy atom. The van der Waals surface area contributed by atoms with E-state index >= 15 is 0 Å². The average Bonchev–Trinajstić information content (AvgIpc) is 2.48. The van der Waals surface area contributed by atoms with E-state index in [2.05, 4.69) is 9.71 Å². The van der Waals surface area contributed by atoms with E-state index < -0.39 is 15.3 Å². The largest absolute Gasteiger partial charge is 0.460 e. The highest BCUT2D eigenvalue weighted by Gasteiger charge is 2.42. The van der Waals surface area contributed by atoms with E-state index in [4.69, 9.17) is 4.74 Å². The first kappa shape index (κ1) is 17.1. The summed E-state index contributed by atoms with van der Waals surface area (Å²) in [6.45, 7) is 5.41. The number of hydrogen-bond donors (Lipinski definition) is 1. The zero-order valence-corrected chi connectivity index (χ0v) is 14.1. The van der Waals surface area contributed by atoms with E-state index in [1.807, 2.05) is 13.8 Å². The summed E-state index contributed by atoms with van der Waals surface area (Å²) in [6, 6.07) is 0.0375. The first-order valence-corrected chi connectivity index (χ1v) is 9.53. The molecule has 2 atom stereocenters. The van der Waals surface area contributed by atoms with Crippen molar-refractivity contribution in [1.82, 2.24) is 9.62 Å². The van der Waals surface area contributed by atoms with Gasteiger partial charge in [-0.05, 0) is 33.1 Å². The molecule has 1 saturated heterocycles.